The highest BCUT2D eigenvalue weighted by atomic mass is 16.5. The van der Waals surface area contributed by atoms with Crippen LogP contribution in [0.2, 0.25) is 0 Å². The number of ketones is 2. The quantitative estimate of drug-likeness (QED) is 0.320. The second-order valence-corrected chi connectivity index (χ2v) is 10.6. The van der Waals surface area contributed by atoms with Gasteiger partial charge in [0.15, 0.2) is 11.6 Å². The molecule has 186 valence electrons. The molecule has 2 fully saturated rings. The van der Waals surface area contributed by atoms with Gasteiger partial charge in [-0.1, -0.05) is 80.9 Å². The molecular weight excluding hydrogens is 448 g/mol. The third-order valence-electron chi connectivity index (χ3n) is 8.25. The number of methoxy groups -OCH3 is 1. The summed E-state index contributed by atoms with van der Waals surface area (Å²) in [7, 11) is 1.51. The number of hydrogen-bond acceptors (Lipinski definition) is 4. The molecule has 0 aliphatic heterocycles. The standard InChI is InChI=1S/C18H22O.C14H12O3/c1-12-5-7-13(8-6-12)11-14-15-9-10-18(4,16(14)19)17(15,2)3;1-17-11-7-8-12(13(15)9-11)14(16)10-5-3-2-4-6-10/h5-8,11,15H,9-10H2,1-4H3;2-9,15H,1H3/b14-11-;. The maximum absolute atomic E-state index is 12.7. The Bertz CT molecular complexity index is 1300. The Hall–Kier alpha value is -3.66. The van der Waals surface area contributed by atoms with E-state index in [9.17, 15) is 14.7 Å². The van der Waals surface area contributed by atoms with Crippen molar-refractivity contribution in [2.24, 2.45) is 16.7 Å². The first-order chi connectivity index (χ1) is 17.1. The molecule has 2 atom stereocenters. The van der Waals surface area contributed by atoms with Gasteiger partial charge in [-0.15, -0.1) is 0 Å². The lowest BCUT2D eigenvalue weighted by atomic mass is 9.70. The molecule has 3 aromatic carbocycles. The minimum Gasteiger partial charge on any atom is -0.507 e. The van der Waals surface area contributed by atoms with E-state index >= 15 is 0 Å². The molecule has 5 rings (SSSR count). The van der Waals surface area contributed by atoms with E-state index in [2.05, 4.69) is 58.0 Å². The summed E-state index contributed by atoms with van der Waals surface area (Å²) in [5.41, 5.74) is 4.26. The molecule has 0 amide bonds. The average molecular weight is 483 g/mol. The van der Waals surface area contributed by atoms with Crippen molar-refractivity contribution < 1.29 is 19.4 Å². The summed E-state index contributed by atoms with van der Waals surface area (Å²) < 4.78 is 4.96. The van der Waals surface area contributed by atoms with Crippen LogP contribution in [0.25, 0.3) is 6.08 Å². The molecule has 2 bridgehead atoms. The summed E-state index contributed by atoms with van der Waals surface area (Å²) in [6.07, 6.45) is 4.33. The highest BCUT2D eigenvalue weighted by Gasteiger charge is 2.63. The van der Waals surface area contributed by atoms with Gasteiger partial charge in [0.25, 0.3) is 0 Å². The number of Topliss-reactive ketones (excluding diaryl/α,β-unsaturated/α-hetero) is 1. The Morgan fingerprint density at radius 3 is 2.22 bits per heavy atom. The molecule has 2 unspecified atom stereocenters. The smallest absolute Gasteiger partial charge is 0.196 e. The van der Waals surface area contributed by atoms with Crippen molar-refractivity contribution >= 4 is 17.6 Å². The van der Waals surface area contributed by atoms with Gasteiger partial charge in [0.05, 0.1) is 12.7 Å². The molecule has 0 aromatic heterocycles. The van der Waals surface area contributed by atoms with Crippen molar-refractivity contribution in [1.82, 2.24) is 0 Å². The van der Waals surface area contributed by atoms with E-state index in [0.29, 0.717) is 23.0 Å². The van der Waals surface area contributed by atoms with Crippen LogP contribution in [-0.2, 0) is 4.79 Å². The van der Waals surface area contributed by atoms with Gasteiger partial charge >= 0.3 is 0 Å². The first kappa shape index (κ1) is 25.4. The second kappa shape index (κ2) is 9.77. The van der Waals surface area contributed by atoms with Crippen LogP contribution in [0.5, 0.6) is 11.5 Å². The van der Waals surface area contributed by atoms with E-state index in [1.54, 1.807) is 36.4 Å². The molecule has 2 aliphatic carbocycles. The van der Waals surface area contributed by atoms with Crippen LogP contribution < -0.4 is 4.74 Å². The highest BCUT2D eigenvalue weighted by molar-refractivity contribution is 6.10. The van der Waals surface area contributed by atoms with Crippen LogP contribution in [0.1, 0.15) is 60.7 Å². The zero-order valence-electron chi connectivity index (χ0n) is 21.7. The van der Waals surface area contributed by atoms with Crippen molar-refractivity contribution in [2.75, 3.05) is 7.11 Å². The number of fused-ring (bicyclic) bond motifs is 2. The fourth-order valence-electron chi connectivity index (χ4n) is 5.51. The van der Waals surface area contributed by atoms with Crippen molar-refractivity contribution in [3.05, 3.63) is 101 Å². The Balaban J connectivity index is 0.000000170. The van der Waals surface area contributed by atoms with Crippen molar-refractivity contribution in [1.29, 1.82) is 0 Å². The first-order valence-electron chi connectivity index (χ1n) is 12.4. The molecule has 3 aromatic rings. The number of allylic oxidation sites excluding steroid dienone is 1. The monoisotopic (exact) mass is 482 g/mol. The number of carbonyl (C=O) groups excluding carboxylic acids is 2. The van der Waals surface area contributed by atoms with Gasteiger partial charge in [0.1, 0.15) is 11.5 Å². The Labute approximate surface area is 213 Å². The highest BCUT2D eigenvalue weighted by Crippen LogP contribution is 2.65. The molecule has 36 heavy (non-hydrogen) atoms. The van der Waals surface area contributed by atoms with Gasteiger partial charge in [-0.3, -0.25) is 9.59 Å². The maximum atomic E-state index is 12.7. The number of phenols is 1. The third kappa shape index (κ3) is 4.48. The number of benzene rings is 3. The molecule has 1 N–H and O–H groups in total. The van der Waals surface area contributed by atoms with Gasteiger partial charge in [-0.05, 0) is 60.4 Å². The molecule has 0 saturated heterocycles. The van der Waals surface area contributed by atoms with Crippen LogP contribution in [0.4, 0.5) is 0 Å². The third-order valence-corrected chi connectivity index (χ3v) is 8.25. The molecule has 4 heteroatoms. The summed E-state index contributed by atoms with van der Waals surface area (Å²) in [5, 5.41) is 9.75. The van der Waals surface area contributed by atoms with E-state index in [4.69, 9.17) is 4.74 Å². The van der Waals surface area contributed by atoms with E-state index in [1.165, 1.54) is 18.7 Å². The lowest BCUT2D eigenvalue weighted by molar-refractivity contribution is -0.125. The van der Waals surface area contributed by atoms with Crippen molar-refractivity contribution in [3.8, 4) is 11.5 Å². The van der Waals surface area contributed by atoms with Crippen LogP contribution in [0.15, 0.2) is 78.4 Å². The Morgan fingerprint density at radius 1 is 1.00 bits per heavy atom. The van der Waals surface area contributed by atoms with E-state index in [-0.39, 0.29) is 27.9 Å². The summed E-state index contributed by atoms with van der Waals surface area (Å²) >= 11 is 0. The zero-order chi connectivity index (χ0) is 26.1. The van der Waals surface area contributed by atoms with E-state index in [1.807, 2.05) is 6.07 Å². The normalized spacial score (nSPS) is 22.8. The van der Waals surface area contributed by atoms with Gasteiger partial charge in [0.2, 0.25) is 0 Å². The number of hydrogen-bond donors (Lipinski definition) is 1. The summed E-state index contributed by atoms with van der Waals surface area (Å²) in [6, 6.07) is 21.9. The number of carbonyl (C=O) groups is 2. The van der Waals surface area contributed by atoms with Crippen molar-refractivity contribution in [2.45, 2.75) is 40.5 Å². The van der Waals surface area contributed by atoms with Crippen LogP contribution in [0.3, 0.4) is 0 Å². The minimum absolute atomic E-state index is 0.0711. The second-order valence-electron chi connectivity index (χ2n) is 10.6. The topological polar surface area (TPSA) is 63.6 Å². The number of aryl methyl sites for hydroxylation is 1. The largest absolute Gasteiger partial charge is 0.507 e. The molecule has 4 nitrogen and oxygen atoms in total. The summed E-state index contributed by atoms with van der Waals surface area (Å²) in [4.78, 5) is 24.8. The molecule has 0 heterocycles. The lowest BCUT2D eigenvalue weighted by Gasteiger charge is -2.31. The lowest BCUT2D eigenvalue weighted by Crippen LogP contribution is -2.32. The molecular formula is C32H34O4. The van der Waals surface area contributed by atoms with E-state index < -0.39 is 0 Å². The fourth-order valence-corrected chi connectivity index (χ4v) is 5.51. The van der Waals surface area contributed by atoms with Gasteiger partial charge in [-0.25, -0.2) is 0 Å². The SMILES string of the molecule is COc1ccc(C(=O)c2ccccc2)c(O)c1.Cc1ccc(/C=C2\C(=O)C3(C)CCC2C3(C)C)cc1. The average Bonchev–Trinajstić information content (AvgIpc) is 3.19. The number of rotatable bonds is 4. The van der Waals surface area contributed by atoms with Gasteiger partial charge in [-0.2, -0.15) is 0 Å². The van der Waals surface area contributed by atoms with Crippen LogP contribution in [0, 0.1) is 23.7 Å². The molecule has 2 aliphatic rings. The maximum Gasteiger partial charge on any atom is 0.196 e. The van der Waals surface area contributed by atoms with Gasteiger partial charge in [0, 0.05) is 17.0 Å². The Kier molecular flexibility index (Phi) is 6.90. The van der Waals surface area contributed by atoms with Crippen LogP contribution in [-0.4, -0.2) is 23.8 Å². The minimum atomic E-state index is -0.203. The predicted octanol–water partition coefficient (Wildman–Crippen LogP) is 7.04. The summed E-state index contributed by atoms with van der Waals surface area (Å²) in [5.74, 6) is 1.07. The zero-order valence-corrected chi connectivity index (χ0v) is 21.7. The summed E-state index contributed by atoms with van der Waals surface area (Å²) in [6.45, 7) is 8.77. The molecule has 0 radical (unpaired) electrons. The predicted molar refractivity (Wildman–Crippen MR) is 143 cm³/mol. The van der Waals surface area contributed by atoms with Gasteiger partial charge < -0.3 is 9.84 Å². The van der Waals surface area contributed by atoms with E-state index in [0.717, 1.165) is 24.0 Å². The number of aromatic hydroxyl groups is 1. The number of ether oxygens (including phenoxy) is 1. The first-order valence-corrected chi connectivity index (χ1v) is 12.4. The van der Waals surface area contributed by atoms with Crippen LogP contribution >= 0.6 is 0 Å². The fraction of sp³-hybridized carbons (Fsp3) is 0.312. The molecule has 2 saturated carbocycles. The number of phenolic OH excluding ortho intramolecular Hbond substituents is 1. The Morgan fingerprint density at radius 2 is 1.67 bits per heavy atom. The van der Waals surface area contributed by atoms with Crippen molar-refractivity contribution in [3.63, 3.8) is 0 Å². The molecule has 0 spiro atoms.